The van der Waals surface area contributed by atoms with Crippen LogP contribution < -0.4 is 11.2 Å². The maximum absolute atomic E-state index is 12.8. The van der Waals surface area contributed by atoms with Gasteiger partial charge in [0, 0.05) is 38.3 Å². The number of H-pyrrole nitrogens is 1. The van der Waals surface area contributed by atoms with E-state index in [-0.39, 0.29) is 25.0 Å². The number of likely N-dealkylation sites (N-methyl/N-ethyl adjacent to an activating group) is 1. The molecule has 0 saturated carbocycles. The Morgan fingerprint density at radius 2 is 2.04 bits per heavy atom. The third-order valence-corrected chi connectivity index (χ3v) is 6.28. The zero-order valence-corrected chi connectivity index (χ0v) is 16.2. The summed E-state index contributed by atoms with van der Waals surface area (Å²) in [5.41, 5.74) is -0.291. The van der Waals surface area contributed by atoms with Crippen molar-refractivity contribution in [3.63, 3.8) is 0 Å². The minimum atomic E-state index is -3.29. The summed E-state index contributed by atoms with van der Waals surface area (Å²) in [6, 6.07) is 4.33. The zero-order valence-electron chi connectivity index (χ0n) is 15.4. The van der Waals surface area contributed by atoms with E-state index in [4.69, 9.17) is 0 Å². The lowest BCUT2D eigenvalue weighted by molar-refractivity contribution is 0.0740. The number of amides is 1. The summed E-state index contributed by atoms with van der Waals surface area (Å²) in [6.07, 6.45) is 1.71. The van der Waals surface area contributed by atoms with E-state index in [0.717, 1.165) is 10.8 Å². The van der Waals surface area contributed by atoms with Gasteiger partial charge in [0.25, 0.3) is 11.5 Å². The van der Waals surface area contributed by atoms with E-state index in [1.807, 2.05) is 0 Å². The molecule has 1 aliphatic rings. The monoisotopic (exact) mass is 394 g/mol. The molecular weight excluding hydrogens is 372 g/mol. The van der Waals surface area contributed by atoms with Crippen molar-refractivity contribution in [3.05, 3.63) is 44.6 Å². The smallest absolute Gasteiger partial charge is 0.328 e. The molecule has 3 rings (SSSR count). The van der Waals surface area contributed by atoms with Crippen LogP contribution in [0.5, 0.6) is 0 Å². The van der Waals surface area contributed by atoms with Crippen LogP contribution in [0.4, 0.5) is 0 Å². The third kappa shape index (κ3) is 3.54. The van der Waals surface area contributed by atoms with Crippen LogP contribution in [-0.4, -0.2) is 65.5 Å². The highest BCUT2D eigenvalue weighted by Crippen LogP contribution is 2.20. The molecule has 1 amide bonds. The number of fused-ring (bicyclic) bond motifs is 1. The van der Waals surface area contributed by atoms with Crippen molar-refractivity contribution in [2.75, 3.05) is 26.4 Å². The van der Waals surface area contributed by atoms with Gasteiger partial charge < -0.3 is 9.88 Å². The van der Waals surface area contributed by atoms with Gasteiger partial charge in [0.05, 0.1) is 17.2 Å². The highest BCUT2D eigenvalue weighted by atomic mass is 32.2. The second kappa shape index (κ2) is 6.93. The van der Waals surface area contributed by atoms with Crippen LogP contribution in [0.1, 0.15) is 23.7 Å². The van der Waals surface area contributed by atoms with Gasteiger partial charge in [-0.1, -0.05) is 0 Å². The number of aromatic amines is 1. The second-order valence-electron chi connectivity index (χ2n) is 6.72. The predicted octanol–water partition coefficient (Wildman–Crippen LogP) is -0.184. The first-order chi connectivity index (χ1) is 12.6. The summed E-state index contributed by atoms with van der Waals surface area (Å²) >= 11 is 0. The summed E-state index contributed by atoms with van der Waals surface area (Å²) in [7, 11) is -1.66. The van der Waals surface area contributed by atoms with Crippen LogP contribution in [0.25, 0.3) is 10.9 Å². The van der Waals surface area contributed by atoms with Crippen molar-refractivity contribution in [2.24, 2.45) is 0 Å². The standard InChI is InChI=1S/C17H22N4O5S/c1-4-21-16(23)13-6-5-11(9-14(13)18-17(21)24)15(22)19(2)12-7-8-20(10-12)27(3,25)26/h5-6,9,12H,4,7-8,10H2,1-3H3,(H,18,24). The maximum Gasteiger partial charge on any atom is 0.328 e. The first-order valence-corrected chi connectivity index (χ1v) is 10.5. The first-order valence-electron chi connectivity index (χ1n) is 8.62. The third-order valence-electron chi connectivity index (χ3n) is 5.01. The summed E-state index contributed by atoms with van der Waals surface area (Å²) in [5, 5.41) is 0.333. The molecule has 146 valence electrons. The molecule has 0 radical (unpaired) electrons. The molecule has 2 aromatic rings. The predicted molar refractivity (Wildman–Crippen MR) is 101 cm³/mol. The Labute approximate surface area is 156 Å². The van der Waals surface area contributed by atoms with Crippen molar-refractivity contribution in [2.45, 2.75) is 25.9 Å². The fourth-order valence-electron chi connectivity index (χ4n) is 3.37. The van der Waals surface area contributed by atoms with Crippen molar-refractivity contribution >= 4 is 26.8 Å². The van der Waals surface area contributed by atoms with E-state index in [2.05, 4.69) is 4.98 Å². The molecule has 2 heterocycles. The van der Waals surface area contributed by atoms with Gasteiger partial charge in [0.1, 0.15) is 0 Å². The Hall–Kier alpha value is -2.46. The fourth-order valence-corrected chi connectivity index (χ4v) is 4.25. The van der Waals surface area contributed by atoms with E-state index in [1.54, 1.807) is 20.0 Å². The number of hydrogen-bond acceptors (Lipinski definition) is 5. The largest absolute Gasteiger partial charge is 0.337 e. The average Bonchev–Trinajstić information content (AvgIpc) is 3.10. The van der Waals surface area contributed by atoms with E-state index in [0.29, 0.717) is 29.4 Å². The highest BCUT2D eigenvalue weighted by Gasteiger charge is 2.33. The van der Waals surface area contributed by atoms with Gasteiger partial charge in [-0.25, -0.2) is 17.5 Å². The van der Waals surface area contributed by atoms with Crippen molar-refractivity contribution in [1.29, 1.82) is 0 Å². The van der Waals surface area contributed by atoms with E-state index >= 15 is 0 Å². The minimum Gasteiger partial charge on any atom is -0.337 e. The molecule has 1 aromatic carbocycles. The van der Waals surface area contributed by atoms with Crippen LogP contribution >= 0.6 is 0 Å². The Bertz CT molecular complexity index is 1120. The Morgan fingerprint density at radius 1 is 1.33 bits per heavy atom. The van der Waals surface area contributed by atoms with Crippen LogP contribution in [0, 0.1) is 0 Å². The molecule has 9 nitrogen and oxygen atoms in total. The number of nitrogens with zero attached hydrogens (tertiary/aromatic N) is 3. The lowest BCUT2D eigenvalue weighted by atomic mass is 10.1. The number of sulfonamides is 1. The molecule has 0 aliphatic carbocycles. The van der Waals surface area contributed by atoms with E-state index in [9.17, 15) is 22.8 Å². The molecule has 1 N–H and O–H groups in total. The van der Waals surface area contributed by atoms with Gasteiger partial charge >= 0.3 is 5.69 Å². The zero-order chi connectivity index (χ0) is 19.9. The fraction of sp³-hybridized carbons (Fsp3) is 0.471. The molecule has 0 bridgehead atoms. The normalized spacial score (nSPS) is 18.1. The molecule has 27 heavy (non-hydrogen) atoms. The topological polar surface area (TPSA) is 113 Å². The van der Waals surface area contributed by atoms with Crippen LogP contribution in [-0.2, 0) is 16.6 Å². The summed E-state index contributed by atoms with van der Waals surface area (Å²) < 4.78 is 25.8. The number of nitrogens with one attached hydrogen (secondary N) is 1. The van der Waals surface area contributed by atoms with Gasteiger partial charge in [0.15, 0.2) is 0 Å². The number of benzene rings is 1. The molecule has 1 saturated heterocycles. The minimum absolute atomic E-state index is 0.227. The van der Waals surface area contributed by atoms with Crippen molar-refractivity contribution in [3.8, 4) is 0 Å². The maximum atomic E-state index is 12.8. The lowest BCUT2D eigenvalue weighted by Crippen LogP contribution is -2.40. The first kappa shape index (κ1) is 19.3. The highest BCUT2D eigenvalue weighted by molar-refractivity contribution is 7.88. The van der Waals surface area contributed by atoms with Gasteiger partial charge in [-0.2, -0.15) is 0 Å². The van der Waals surface area contributed by atoms with Crippen LogP contribution in [0.2, 0.25) is 0 Å². The number of carbonyl (C=O) groups excluding carboxylic acids is 1. The van der Waals surface area contributed by atoms with E-state index in [1.165, 1.54) is 21.3 Å². The molecule has 1 aliphatic heterocycles. The number of hydrogen-bond donors (Lipinski definition) is 1. The second-order valence-corrected chi connectivity index (χ2v) is 8.70. The lowest BCUT2D eigenvalue weighted by Gasteiger charge is -2.24. The molecular formula is C17H22N4O5S. The van der Waals surface area contributed by atoms with Crippen molar-refractivity contribution < 1.29 is 13.2 Å². The molecule has 1 unspecified atom stereocenters. The number of aromatic nitrogens is 2. The average molecular weight is 394 g/mol. The molecule has 10 heteroatoms. The molecule has 0 spiro atoms. The Balaban J connectivity index is 1.90. The van der Waals surface area contributed by atoms with Gasteiger partial charge in [-0.15, -0.1) is 0 Å². The Morgan fingerprint density at radius 3 is 2.63 bits per heavy atom. The van der Waals surface area contributed by atoms with E-state index < -0.39 is 21.3 Å². The van der Waals surface area contributed by atoms with Gasteiger partial charge in [0.2, 0.25) is 10.0 Å². The summed E-state index contributed by atoms with van der Waals surface area (Å²) in [4.78, 5) is 41.3. The number of rotatable bonds is 4. The van der Waals surface area contributed by atoms with Crippen molar-refractivity contribution in [1.82, 2.24) is 18.8 Å². The van der Waals surface area contributed by atoms with Crippen LogP contribution in [0.3, 0.4) is 0 Å². The van der Waals surface area contributed by atoms with Gasteiger partial charge in [-0.3, -0.25) is 14.2 Å². The molecule has 1 atom stereocenters. The SMILES string of the molecule is CCn1c(=O)[nH]c2cc(C(=O)N(C)C3CCN(S(C)(=O)=O)C3)ccc2c1=O. The molecule has 1 fully saturated rings. The Kier molecular flexibility index (Phi) is 4.96. The molecule has 1 aromatic heterocycles. The summed E-state index contributed by atoms with van der Waals surface area (Å²) in [6.45, 7) is 2.60. The number of carbonyl (C=O) groups is 1. The quantitative estimate of drug-likeness (QED) is 0.773. The summed E-state index contributed by atoms with van der Waals surface area (Å²) in [5.74, 6) is -0.294. The van der Waals surface area contributed by atoms with Crippen LogP contribution in [0.15, 0.2) is 27.8 Å². The van der Waals surface area contributed by atoms with Gasteiger partial charge in [-0.05, 0) is 31.5 Å².